The van der Waals surface area contributed by atoms with Gasteiger partial charge >= 0.3 is 5.97 Å². The fourth-order valence-corrected chi connectivity index (χ4v) is 6.78. The molecule has 2 aromatic heterocycles. The molecular weight excluding hydrogens is 562 g/mol. The average molecular weight is 583 g/mol. The Balaban J connectivity index is 1.55. The molecule has 0 radical (unpaired) electrons. The minimum Gasteiger partial charge on any atom is -0.466 e. The predicted molar refractivity (Wildman–Crippen MR) is 135 cm³/mol. The van der Waals surface area contributed by atoms with Crippen LogP contribution in [0.5, 0.6) is 0 Å². The summed E-state index contributed by atoms with van der Waals surface area (Å²) < 4.78 is 60.7. The molecule has 5 rings (SSSR count). The van der Waals surface area contributed by atoms with Gasteiger partial charge in [0.05, 0.1) is 23.9 Å². The molecule has 0 spiro atoms. The Morgan fingerprint density at radius 1 is 1.26 bits per heavy atom. The van der Waals surface area contributed by atoms with Crippen LogP contribution in [0.2, 0.25) is 5.02 Å². The highest BCUT2D eigenvalue weighted by atomic mass is 35.5. The first-order chi connectivity index (χ1) is 18.2. The molecule has 1 atom stereocenters. The molecule has 3 aromatic rings. The van der Waals surface area contributed by atoms with Crippen molar-refractivity contribution in [2.75, 3.05) is 20.2 Å². The van der Waals surface area contributed by atoms with Gasteiger partial charge in [-0.2, -0.15) is 9.40 Å². The Morgan fingerprint density at radius 2 is 2.03 bits per heavy atom. The lowest BCUT2D eigenvalue weighted by Gasteiger charge is -2.36. The SMILES string of the molecule is COC(=O)C1=C(C2CCN(S(=O)(=O)c3cn[nH]c3)CC2)NC(c2nccs2)=NC1c1ccc(F)c(F)c1Cl. The summed E-state index contributed by atoms with van der Waals surface area (Å²) in [5.74, 6) is -3.10. The molecule has 2 aliphatic heterocycles. The van der Waals surface area contributed by atoms with E-state index in [1.54, 1.807) is 11.6 Å². The second-order valence-electron chi connectivity index (χ2n) is 8.54. The summed E-state index contributed by atoms with van der Waals surface area (Å²) in [4.78, 5) is 22.1. The highest BCUT2D eigenvalue weighted by Gasteiger charge is 2.39. The van der Waals surface area contributed by atoms with Gasteiger partial charge in [-0.3, -0.25) is 10.1 Å². The van der Waals surface area contributed by atoms with Crippen molar-refractivity contribution in [3.8, 4) is 0 Å². The van der Waals surface area contributed by atoms with Crippen LogP contribution in [0, 0.1) is 17.6 Å². The Labute approximate surface area is 225 Å². The minimum absolute atomic E-state index is 0.0624. The molecule has 38 heavy (non-hydrogen) atoms. The standard InChI is InChI=1S/C23H21ClF2N6O4S2/c1-36-23(33)16-19(12-4-7-32(8-5-12)38(34,35)13-10-28-29-11-13)30-21(22-27-6-9-37-22)31-20(16)14-2-3-15(25)18(26)17(14)24/h2-3,6,9-12,20H,4-5,7-8H2,1H3,(H,28,29)(H,30,31). The molecule has 10 nitrogen and oxygen atoms in total. The zero-order valence-electron chi connectivity index (χ0n) is 19.8. The molecule has 15 heteroatoms. The number of esters is 1. The summed E-state index contributed by atoms with van der Waals surface area (Å²) in [5, 5.41) is 11.2. The molecule has 0 aliphatic carbocycles. The highest BCUT2D eigenvalue weighted by molar-refractivity contribution is 7.89. The summed E-state index contributed by atoms with van der Waals surface area (Å²) >= 11 is 7.49. The number of aromatic amines is 1. The molecule has 2 N–H and O–H groups in total. The van der Waals surface area contributed by atoms with Crippen molar-refractivity contribution in [3.63, 3.8) is 0 Å². The molecule has 0 amide bonds. The number of allylic oxidation sites excluding steroid dienone is 1. The number of ether oxygens (including phenoxy) is 1. The number of carbonyl (C=O) groups excluding carboxylic acids is 1. The lowest BCUT2D eigenvalue weighted by atomic mass is 9.86. The number of amidine groups is 1. The number of sulfonamides is 1. The van der Waals surface area contributed by atoms with Gasteiger partial charge in [0.1, 0.15) is 10.9 Å². The molecule has 1 unspecified atom stereocenters. The third-order valence-electron chi connectivity index (χ3n) is 6.45. The van der Waals surface area contributed by atoms with Crippen molar-refractivity contribution in [2.45, 2.75) is 23.8 Å². The zero-order valence-corrected chi connectivity index (χ0v) is 22.2. The van der Waals surface area contributed by atoms with Gasteiger partial charge in [0.2, 0.25) is 10.0 Å². The molecule has 200 valence electrons. The first kappa shape index (κ1) is 26.4. The largest absolute Gasteiger partial charge is 0.466 e. The van der Waals surface area contributed by atoms with Gasteiger partial charge in [0, 0.05) is 48.0 Å². The predicted octanol–water partition coefficient (Wildman–Crippen LogP) is 3.42. The number of hydrogen-bond donors (Lipinski definition) is 2. The number of methoxy groups -OCH3 is 1. The van der Waals surface area contributed by atoms with E-state index < -0.39 is 38.7 Å². The highest BCUT2D eigenvalue weighted by Crippen LogP contribution is 2.41. The van der Waals surface area contributed by atoms with Gasteiger partial charge in [-0.25, -0.2) is 27.0 Å². The van der Waals surface area contributed by atoms with Crippen LogP contribution in [0.25, 0.3) is 0 Å². The van der Waals surface area contributed by atoms with E-state index in [2.05, 4.69) is 25.5 Å². The number of carbonyl (C=O) groups is 1. The van der Waals surface area contributed by atoms with E-state index in [1.807, 2.05) is 0 Å². The Hall–Kier alpha value is -3.20. The van der Waals surface area contributed by atoms with Crippen LogP contribution >= 0.6 is 22.9 Å². The van der Waals surface area contributed by atoms with Crippen molar-refractivity contribution < 1.29 is 26.7 Å². The van der Waals surface area contributed by atoms with E-state index >= 15 is 0 Å². The topological polar surface area (TPSA) is 130 Å². The van der Waals surface area contributed by atoms with Gasteiger partial charge in [-0.05, 0) is 18.9 Å². The number of rotatable bonds is 6. The summed E-state index contributed by atoms with van der Waals surface area (Å²) in [7, 11) is -2.53. The van der Waals surface area contributed by atoms with Crippen molar-refractivity contribution >= 4 is 44.8 Å². The number of aromatic nitrogens is 3. The first-order valence-electron chi connectivity index (χ1n) is 11.4. The van der Waals surface area contributed by atoms with Crippen LogP contribution < -0.4 is 5.32 Å². The molecule has 4 heterocycles. The second-order valence-corrected chi connectivity index (χ2v) is 11.7. The van der Waals surface area contributed by atoms with E-state index in [-0.39, 0.29) is 35.0 Å². The molecule has 1 fully saturated rings. The van der Waals surface area contributed by atoms with Crippen molar-refractivity contribution in [1.82, 2.24) is 24.8 Å². The van der Waals surface area contributed by atoms with E-state index in [0.717, 1.165) is 6.07 Å². The molecule has 0 saturated carbocycles. The maximum absolute atomic E-state index is 14.5. The maximum atomic E-state index is 14.5. The number of nitrogens with one attached hydrogen (secondary N) is 2. The number of thiazole rings is 1. The van der Waals surface area contributed by atoms with Crippen LogP contribution in [-0.4, -0.2) is 59.9 Å². The van der Waals surface area contributed by atoms with Crippen molar-refractivity contribution in [3.05, 3.63) is 74.6 Å². The van der Waals surface area contributed by atoms with Crippen LogP contribution in [0.15, 0.2) is 57.3 Å². The quantitative estimate of drug-likeness (QED) is 0.336. The lowest BCUT2D eigenvalue weighted by molar-refractivity contribution is -0.136. The van der Waals surface area contributed by atoms with Gasteiger partial charge < -0.3 is 10.1 Å². The maximum Gasteiger partial charge on any atom is 0.338 e. The monoisotopic (exact) mass is 582 g/mol. The molecule has 0 bridgehead atoms. The van der Waals surface area contributed by atoms with Crippen LogP contribution in [0.4, 0.5) is 8.78 Å². The van der Waals surface area contributed by atoms with E-state index in [9.17, 15) is 22.0 Å². The van der Waals surface area contributed by atoms with Crippen molar-refractivity contribution in [1.29, 1.82) is 0 Å². The fourth-order valence-electron chi connectivity index (χ4n) is 4.56. The van der Waals surface area contributed by atoms with Crippen LogP contribution in [0.3, 0.4) is 0 Å². The number of nitrogens with zero attached hydrogens (tertiary/aromatic N) is 4. The number of benzene rings is 1. The molecule has 1 saturated heterocycles. The lowest BCUT2D eigenvalue weighted by Crippen LogP contribution is -2.43. The van der Waals surface area contributed by atoms with E-state index in [0.29, 0.717) is 29.4 Å². The first-order valence-corrected chi connectivity index (χ1v) is 14.1. The second kappa shape index (κ2) is 10.5. The Morgan fingerprint density at radius 3 is 2.66 bits per heavy atom. The number of H-pyrrole nitrogens is 1. The van der Waals surface area contributed by atoms with Crippen molar-refractivity contribution in [2.24, 2.45) is 10.9 Å². The Bertz CT molecular complexity index is 1520. The van der Waals surface area contributed by atoms with Crippen LogP contribution in [0.1, 0.15) is 29.5 Å². The summed E-state index contributed by atoms with van der Waals surface area (Å²) in [6.45, 7) is 0.357. The molecule has 2 aliphatic rings. The number of hydrogen-bond acceptors (Lipinski definition) is 9. The van der Waals surface area contributed by atoms with Gasteiger partial charge in [-0.15, -0.1) is 11.3 Å². The number of piperidine rings is 1. The molecule has 1 aromatic carbocycles. The molecular formula is C23H21ClF2N6O4S2. The average Bonchev–Trinajstić information content (AvgIpc) is 3.66. The minimum atomic E-state index is -3.74. The zero-order chi connectivity index (χ0) is 27.0. The summed E-state index contributed by atoms with van der Waals surface area (Å²) in [5.41, 5.74) is 0.610. The summed E-state index contributed by atoms with van der Waals surface area (Å²) in [6, 6.07) is 1.08. The van der Waals surface area contributed by atoms with E-state index in [1.165, 1.54) is 41.2 Å². The third-order valence-corrected chi connectivity index (χ3v) is 9.48. The van der Waals surface area contributed by atoms with Gasteiger partial charge in [0.15, 0.2) is 22.5 Å². The van der Waals surface area contributed by atoms with E-state index in [4.69, 9.17) is 16.3 Å². The fraction of sp³-hybridized carbons (Fsp3) is 0.304. The van der Waals surface area contributed by atoms with Gasteiger partial charge in [-0.1, -0.05) is 17.7 Å². The van der Waals surface area contributed by atoms with Gasteiger partial charge in [0.25, 0.3) is 0 Å². The third kappa shape index (κ3) is 4.72. The smallest absolute Gasteiger partial charge is 0.338 e. The normalized spacial score (nSPS) is 19.3. The summed E-state index contributed by atoms with van der Waals surface area (Å²) in [6.07, 6.45) is 4.87. The Kier molecular flexibility index (Phi) is 7.31. The number of aliphatic imine (C=N–C) groups is 1. The number of halogens is 3. The van der Waals surface area contributed by atoms with Crippen LogP contribution in [-0.2, 0) is 19.6 Å².